The lowest BCUT2D eigenvalue weighted by atomic mass is 10.0. The molecule has 3 rings (SSSR count). The molecule has 7 heteroatoms. The topological polar surface area (TPSA) is 95.0 Å². The molecule has 0 unspecified atom stereocenters. The summed E-state index contributed by atoms with van der Waals surface area (Å²) in [5.41, 5.74) is 3.06. The van der Waals surface area contributed by atoms with Crippen LogP contribution in [0.25, 0.3) is 11.5 Å². The molecular formula is C21H21ClN4O2. The van der Waals surface area contributed by atoms with Crippen LogP contribution < -0.4 is 5.32 Å². The molecule has 0 aliphatic heterocycles. The van der Waals surface area contributed by atoms with Crippen LogP contribution in [0.15, 0.2) is 46.9 Å². The minimum Gasteiger partial charge on any atom is -0.418 e. The smallest absolute Gasteiger partial charge is 0.247 e. The third-order valence-electron chi connectivity index (χ3n) is 4.43. The largest absolute Gasteiger partial charge is 0.418 e. The van der Waals surface area contributed by atoms with E-state index in [0.717, 1.165) is 5.56 Å². The molecule has 3 aromatic rings. The predicted octanol–water partition coefficient (Wildman–Crippen LogP) is 4.92. The van der Waals surface area contributed by atoms with Crippen LogP contribution in [-0.4, -0.2) is 21.4 Å². The molecule has 0 saturated heterocycles. The number of benzene rings is 2. The van der Waals surface area contributed by atoms with Crippen LogP contribution in [0.3, 0.4) is 0 Å². The minimum absolute atomic E-state index is 0.262. The van der Waals surface area contributed by atoms with Gasteiger partial charge in [0.25, 0.3) is 0 Å². The first-order valence-corrected chi connectivity index (χ1v) is 9.35. The average molecular weight is 397 g/mol. The molecule has 0 aliphatic rings. The second-order valence-electron chi connectivity index (χ2n) is 6.89. The van der Waals surface area contributed by atoms with Gasteiger partial charge in [0.1, 0.15) is 12.1 Å². The molecule has 0 saturated carbocycles. The fourth-order valence-electron chi connectivity index (χ4n) is 2.75. The highest BCUT2D eigenvalue weighted by Gasteiger charge is 2.24. The van der Waals surface area contributed by atoms with Crippen molar-refractivity contribution >= 4 is 17.3 Å². The van der Waals surface area contributed by atoms with Gasteiger partial charge in [0.15, 0.2) is 0 Å². The number of aliphatic hydroxyl groups excluding tert-OH is 1. The van der Waals surface area contributed by atoms with E-state index in [2.05, 4.69) is 29.4 Å². The molecule has 0 bridgehead atoms. The van der Waals surface area contributed by atoms with Gasteiger partial charge in [-0.3, -0.25) is 0 Å². The average Bonchev–Trinajstić information content (AvgIpc) is 3.15. The highest BCUT2D eigenvalue weighted by Crippen LogP contribution is 2.28. The second kappa shape index (κ2) is 8.42. The van der Waals surface area contributed by atoms with E-state index in [1.165, 1.54) is 5.56 Å². The molecule has 2 N–H and O–H groups in total. The van der Waals surface area contributed by atoms with E-state index < -0.39 is 12.1 Å². The van der Waals surface area contributed by atoms with Gasteiger partial charge in [0.2, 0.25) is 11.8 Å². The number of nitriles is 1. The van der Waals surface area contributed by atoms with E-state index in [4.69, 9.17) is 21.3 Å². The van der Waals surface area contributed by atoms with Gasteiger partial charge in [-0.2, -0.15) is 5.26 Å². The number of hydrogen-bond donors (Lipinski definition) is 2. The third kappa shape index (κ3) is 4.33. The lowest BCUT2D eigenvalue weighted by Crippen LogP contribution is -2.23. The van der Waals surface area contributed by atoms with Crippen LogP contribution in [0.5, 0.6) is 0 Å². The molecule has 0 radical (unpaired) electrons. The summed E-state index contributed by atoms with van der Waals surface area (Å²) in [4.78, 5) is 0. The van der Waals surface area contributed by atoms with E-state index in [0.29, 0.717) is 28.1 Å². The molecule has 2 aromatic carbocycles. The maximum Gasteiger partial charge on any atom is 0.247 e. The normalized spacial score (nSPS) is 13.2. The van der Waals surface area contributed by atoms with Crippen LogP contribution in [0.1, 0.15) is 49.7 Å². The van der Waals surface area contributed by atoms with Crippen LogP contribution in [0, 0.1) is 11.3 Å². The number of nitrogens with one attached hydrogen (secondary N) is 1. The zero-order valence-corrected chi connectivity index (χ0v) is 16.6. The Kier molecular flexibility index (Phi) is 5.98. The maximum atomic E-state index is 10.2. The van der Waals surface area contributed by atoms with Crippen molar-refractivity contribution in [2.45, 2.75) is 38.8 Å². The van der Waals surface area contributed by atoms with Crippen molar-refractivity contribution in [3.05, 3.63) is 64.5 Å². The first kappa shape index (κ1) is 19.9. The number of aromatic nitrogens is 2. The first-order chi connectivity index (χ1) is 13.4. The summed E-state index contributed by atoms with van der Waals surface area (Å²) < 4.78 is 5.81. The summed E-state index contributed by atoms with van der Waals surface area (Å²) in [5.74, 6) is 1.09. The minimum atomic E-state index is -0.800. The van der Waals surface area contributed by atoms with E-state index >= 15 is 0 Å². The Balaban J connectivity index is 1.84. The summed E-state index contributed by atoms with van der Waals surface area (Å²) in [5, 5.41) is 30.9. The molecule has 28 heavy (non-hydrogen) atoms. The van der Waals surface area contributed by atoms with Crippen molar-refractivity contribution in [1.29, 1.82) is 5.26 Å². The van der Waals surface area contributed by atoms with Crippen molar-refractivity contribution in [1.82, 2.24) is 10.2 Å². The summed E-state index contributed by atoms with van der Waals surface area (Å²) in [6.07, 6.45) is -0.800. The quantitative estimate of drug-likeness (QED) is 0.614. The molecule has 0 amide bonds. The van der Waals surface area contributed by atoms with Gasteiger partial charge in [0.05, 0.1) is 16.7 Å². The molecule has 6 nitrogen and oxygen atoms in total. The first-order valence-electron chi connectivity index (χ1n) is 8.97. The maximum absolute atomic E-state index is 10.2. The van der Waals surface area contributed by atoms with Gasteiger partial charge in [-0.05, 0) is 48.7 Å². The van der Waals surface area contributed by atoms with Crippen molar-refractivity contribution in [2.75, 3.05) is 5.32 Å². The van der Waals surface area contributed by atoms with Crippen molar-refractivity contribution < 1.29 is 9.52 Å². The summed E-state index contributed by atoms with van der Waals surface area (Å²) in [7, 11) is 0. The van der Waals surface area contributed by atoms with E-state index in [9.17, 15) is 5.11 Å². The van der Waals surface area contributed by atoms with Gasteiger partial charge < -0.3 is 14.8 Å². The Morgan fingerprint density at radius 1 is 1.11 bits per heavy atom. The summed E-state index contributed by atoms with van der Waals surface area (Å²) in [6, 6.07) is 14.3. The molecule has 0 spiro atoms. The van der Waals surface area contributed by atoms with Crippen LogP contribution in [-0.2, 0) is 0 Å². The number of hydrogen-bond acceptors (Lipinski definition) is 6. The molecular weight excluding hydrogens is 376 g/mol. The van der Waals surface area contributed by atoms with Crippen LogP contribution >= 0.6 is 11.6 Å². The number of rotatable bonds is 6. The SMILES string of the molecule is CC(C)c1ccc(-c2nnc([C@H](Nc3ccc(C#N)c(Cl)c3)[C@H](C)O)o2)cc1. The summed E-state index contributed by atoms with van der Waals surface area (Å²) in [6.45, 7) is 5.90. The van der Waals surface area contributed by atoms with Crippen molar-refractivity contribution in [2.24, 2.45) is 0 Å². The molecule has 0 aliphatic carbocycles. The molecule has 144 valence electrons. The third-order valence-corrected chi connectivity index (χ3v) is 4.74. The standard InChI is InChI=1S/C21H21ClN4O2/c1-12(2)14-4-6-15(7-5-14)20-25-26-21(28-20)19(13(3)27)24-17-9-8-16(11-23)18(22)10-17/h4-10,12-13,19,24,27H,1-3H3/t13-,19+/m0/s1. The van der Waals surface area contributed by atoms with E-state index in [1.54, 1.807) is 25.1 Å². The predicted molar refractivity (Wildman–Crippen MR) is 108 cm³/mol. The zero-order chi connectivity index (χ0) is 20.3. The monoisotopic (exact) mass is 396 g/mol. The lowest BCUT2D eigenvalue weighted by Gasteiger charge is -2.19. The molecule has 1 heterocycles. The Morgan fingerprint density at radius 2 is 1.82 bits per heavy atom. The van der Waals surface area contributed by atoms with Gasteiger partial charge in [-0.25, -0.2) is 0 Å². The Labute approximate surface area is 168 Å². The molecule has 1 aromatic heterocycles. The number of aliphatic hydroxyl groups is 1. The Morgan fingerprint density at radius 3 is 2.39 bits per heavy atom. The number of nitrogens with zero attached hydrogens (tertiary/aromatic N) is 3. The second-order valence-corrected chi connectivity index (χ2v) is 7.30. The van der Waals surface area contributed by atoms with E-state index in [-0.39, 0.29) is 5.89 Å². The molecule has 0 fully saturated rings. The Hall–Kier alpha value is -2.88. The molecule has 2 atom stereocenters. The van der Waals surface area contributed by atoms with Crippen LogP contribution in [0.2, 0.25) is 5.02 Å². The van der Waals surface area contributed by atoms with Gasteiger partial charge in [-0.1, -0.05) is 37.6 Å². The number of halogens is 1. The fourth-order valence-corrected chi connectivity index (χ4v) is 2.97. The van der Waals surface area contributed by atoms with Crippen molar-refractivity contribution in [3.63, 3.8) is 0 Å². The highest BCUT2D eigenvalue weighted by molar-refractivity contribution is 6.32. The highest BCUT2D eigenvalue weighted by atomic mass is 35.5. The lowest BCUT2D eigenvalue weighted by molar-refractivity contribution is 0.160. The van der Waals surface area contributed by atoms with Crippen LogP contribution in [0.4, 0.5) is 5.69 Å². The number of anilines is 1. The fraction of sp³-hybridized carbons (Fsp3) is 0.286. The van der Waals surface area contributed by atoms with E-state index in [1.807, 2.05) is 30.3 Å². The van der Waals surface area contributed by atoms with Gasteiger partial charge >= 0.3 is 0 Å². The van der Waals surface area contributed by atoms with Crippen molar-refractivity contribution in [3.8, 4) is 17.5 Å². The van der Waals surface area contributed by atoms with Gasteiger partial charge in [-0.15, -0.1) is 10.2 Å². The zero-order valence-electron chi connectivity index (χ0n) is 15.8. The summed E-state index contributed by atoms with van der Waals surface area (Å²) >= 11 is 6.08. The Bertz CT molecular complexity index is 990. The van der Waals surface area contributed by atoms with Gasteiger partial charge in [0, 0.05) is 11.3 Å².